The highest BCUT2D eigenvalue weighted by Gasteiger charge is 2.47. The first-order valence-corrected chi connectivity index (χ1v) is 18.8. The lowest BCUT2D eigenvalue weighted by Crippen LogP contribution is -2.68. The number of hydrogen-bond donors (Lipinski definition) is 2. The predicted molar refractivity (Wildman–Crippen MR) is 193 cm³/mol. The number of benzene rings is 2. The highest BCUT2D eigenvalue weighted by Crippen LogP contribution is 2.38. The highest BCUT2D eigenvalue weighted by atomic mass is 79.9. The molecule has 0 radical (unpaired) electrons. The Balaban J connectivity index is 0.830. The van der Waals surface area contributed by atoms with Gasteiger partial charge < -0.3 is 15.0 Å². The van der Waals surface area contributed by atoms with E-state index in [0.717, 1.165) is 55.7 Å². The number of hydrogen-bond acceptors (Lipinski definition) is 11. The molecule has 2 aromatic carbocycles. The summed E-state index contributed by atoms with van der Waals surface area (Å²) in [5.74, 6) is -1.06. The Bertz CT molecular complexity index is 2070. The summed E-state index contributed by atoms with van der Waals surface area (Å²) in [7, 11) is 0. The number of carbonyl (C=O) groups is 5. The molecule has 3 atom stereocenters. The number of anilines is 1. The summed E-state index contributed by atoms with van der Waals surface area (Å²) in [6.45, 7) is 2.03. The molecule has 5 fully saturated rings. The zero-order valence-electron chi connectivity index (χ0n) is 28.4. The van der Waals surface area contributed by atoms with Crippen molar-refractivity contribution < 1.29 is 28.7 Å². The minimum Gasteiger partial charge on any atom is -0.490 e. The van der Waals surface area contributed by atoms with Gasteiger partial charge in [-0.15, -0.1) is 10.2 Å². The van der Waals surface area contributed by atoms with E-state index in [1.807, 2.05) is 18.2 Å². The van der Waals surface area contributed by atoms with Crippen molar-refractivity contribution in [3.05, 3.63) is 79.9 Å². The highest BCUT2D eigenvalue weighted by molar-refractivity contribution is 9.10. The fraction of sp³-hybridized carbons (Fsp3) is 0.405. The monoisotopic (exact) mass is 800 g/mol. The topological polar surface area (TPSA) is 178 Å². The van der Waals surface area contributed by atoms with Crippen molar-refractivity contribution in [1.82, 2.24) is 30.6 Å². The van der Waals surface area contributed by atoms with Crippen LogP contribution in [0.15, 0.2) is 46.9 Å². The standard InChI is InChI=1S/C37H34BrClN8O6/c38-27-12-19(11-26-33(27)37(52)47(36(26)51)30-8-10-32(48)42-35(30)50)16-46-22-13-23(46)18-45(17-22)31-9-7-29(43-44-31)34(49)41-21-2-5-24(6-3-21)53-25-4-1-20(15-40)28(39)14-25/h1,4,7,9,11-12,14,21-24,30H,2-3,5-6,8,10,13,16-18H2,(H,41,49)(H,42,48,50). The van der Waals surface area contributed by atoms with Crippen LogP contribution in [0.4, 0.5) is 5.82 Å². The van der Waals surface area contributed by atoms with Crippen LogP contribution in [0.2, 0.25) is 5.02 Å². The molecule has 1 aliphatic carbocycles. The third-order valence-corrected chi connectivity index (χ3v) is 11.8. The quantitative estimate of drug-likeness (QED) is 0.317. The molecule has 14 nitrogen and oxygen atoms in total. The molecular formula is C37H34BrClN8O6. The van der Waals surface area contributed by atoms with Crippen molar-refractivity contribution in [1.29, 1.82) is 5.26 Å². The zero-order chi connectivity index (χ0) is 37.0. The Labute approximate surface area is 317 Å². The maximum Gasteiger partial charge on any atom is 0.272 e. The molecule has 0 spiro atoms. The third-order valence-electron chi connectivity index (χ3n) is 10.8. The number of halogens is 2. The minimum absolute atomic E-state index is 0.000818. The maximum absolute atomic E-state index is 13.4. The van der Waals surface area contributed by atoms with E-state index >= 15 is 0 Å². The van der Waals surface area contributed by atoms with Crippen LogP contribution in [0.25, 0.3) is 0 Å². The van der Waals surface area contributed by atoms with E-state index in [2.05, 4.69) is 46.6 Å². The van der Waals surface area contributed by atoms with Crippen molar-refractivity contribution >= 4 is 62.9 Å². The number of piperazine rings is 1. The van der Waals surface area contributed by atoms with Gasteiger partial charge in [-0.3, -0.25) is 39.1 Å². The number of rotatable bonds is 8. The van der Waals surface area contributed by atoms with Crippen LogP contribution in [-0.2, 0) is 16.1 Å². The van der Waals surface area contributed by atoms with Crippen molar-refractivity contribution in [3.63, 3.8) is 0 Å². The molecule has 1 saturated carbocycles. The zero-order valence-corrected chi connectivity index (χ0v) is 30.7. The molecule has 2 bridgehead atoms. The van der Waals surface area contributed by atoms with Crippen molar-refractivity contribution in [2.75, 3.05) is 18.0 Å². The molecule has 5 amide bonds. The van der Waals surface area contributed by atoms with Gasteiger partial charge in [-0.25, -0.2) is 0 Å². The molecule has 3 aromatic rings. The van der Waals surface area contributed by atoms with Crippen LogP contribution in [0, 0.1) is 11.3 Å². The van der Waals surface area contributed by atoms with Gasteiger partial charge in [-0.1, -0.05) is 11.6 Å². The van der Waals surface area contributed by atoms with Gasteiger partial charge in [-0.05, 0) is 96.4 Å². The second kappa shape index (κ2) is 14.1. The first-order chi connectivity index (χ1) is 25.6. The van der Waals surface area contributed by atoms with E-state index in [-0.39, 0.29) is 59.8 Å². The number of fused-ring (bicyclic) bond motifs is 3. The molecule has 6 heterocycles. The van der Waals surface area contributed by atoms with Gasteiger partial charge in [0.25, 0.3) is 17.7 Å². The summed E-state index contributed by atoms with van der Waals surface area (Å²) in [5, 5.41) is 23.4. The number of piperidine rings is 2. The SMILES string of the molecule is N#Cc1ccc(OC2CCC(NC(=O)c3ccc(N4CC5CC(C4)N5Cc4cc(Br)c5c(c4)C(=O)N(C4CCC(=O)NC4=O)C5=O)nn3)CC2)cc1Cl. The van der Waals surface area contributed by atoms with E-state index in [1.54, 1.807) is 30.3 Å². The Kier molecular flexibility index (Phi) is 9.38. The van der Waals surface area contributed by atoms with Gasteiger partial charge >= 0.3 is 0 Å². The number of imide groups is 2. The van der Waals surface area contributed by atoms with Crippen LogP contribution >= 0.6 is 27.5 Å². The van der Waals surface area contributed by atoms with Crippen molar-refractivity contribution in [2.24, 2.45) is 0 Å². The number of nitriles is 1. The summed E-state index contributed by atoms with van der Waals surface area (Å²) in [5.41, 5.74) is 2.02. The molecule has 3 unspecified atom stereocenters. The molecule has 16 heteroatoms. The first-order valence-electron chi connectivity index (χ1n) is 17.6. The summed E-state index contributed by atoms with van der Waals surface area (Å²) < 4.78 is 6.56. The van der Waals surface area contributed by atoms with Crippen LogP contribution in [0.1, 0.15) is 87.3 Å². The number of aromatic nitrogens is 2. The minimum atomic E-state index is -1.02. The van der Waals surface area contributed by atoms with Gasteiger partial charge in [0.2, 0.25) is 11.8 Å². The third kappa shape index (κ3) is 6.75. The molecule has 1 aromatic heterocycles. The average molecular weight is 802 g/mol. The second-order valence-electron chi connectivity index (χ2n) is 14.2. The molecule has 2 N–H and O–H groups in total. The summed E-state index contributed by atoms with van der Waals surface area (Å²) in [6.07, 6.45) is 4.25. The fourth-order valence-corrected chi connectivity index (χ4v) is 8.98. The number of amides is 5. The van der Waals surface area contributed by atoms with E-state index in [0.29, 0.717) is 33.2 Å². The number of carbonyl (C=O) groups excluding carboxylic acids is 5. The van der Waals surface area contributed by atoms with Crippen molar-refractivity contribution in [2.45, 2.75) is 81.8 Å². The largest absolute Gasteiger partial charge is 0.490 e. The molecule has 272 valence electrons. The van der Waals surface area contributed by atoms with Gasteiger partial charge in [0, 0.05) is 54.7 Å². The summed E-state index contributed by atoms with van der Waals surface area (Å²) in [6, 6.07) is 13.7. The van der Waals surface area contributed by atoms with Crippen LogP contribution in [0.5, 0.6) is 5.75 Å². The van der Waals surface area contributed by atoms with Gasteiger partial charge in [-0.2, -0.15) is 5.26 Å². The van der Waals surface area contributed by atoms with Gasteiger partial charge in [0.15, 0.2) is 11.5 Å². The van der Waals surface area contributed by atoms with Crippen LogP contribution < -0.4 is 20.3 Å². The van der Waals surface area contributed by atoms with Crippen molar-refractivity contribution in [3.8, 4) is 11.8 Å². The Morgan fingerprint density at radius 3 is 2.45 bits per heavy atom. The molecule has 5 aliphatic heterocycles. The summed E-state index contributed by atoms with van der Waals surface area (Å²) in [4.78, 5) is 69.3. The van der Waals surface area contributed by atoms with Gasteiger partial charge in [0.05, 0.1) is 27.8 Å². The average Bonchev–Trinajstić information content (AvgIpc) is 3.40. The molecule has 6 aliphatic rings. The first kappa shape index (κ1) is 35.1. The Morgan fingerprint density at radius 1 is 1.00 bits per heavy atom. The van der Waals surface area contributed by atoms with Crippen LogP contribution in [0.3, 0.4) is 0 Å². The molecule has 9 rings (SSSR count). The smallest absolute Gasteiger partial charge is 0.272 e. The van der Waals surface area contributed by atoms with E-state index in [4.69, 9.17) is 21.6 Å². The van der Waals surface area contributed by atoms with E-state index in [9.17, 15) is 24.0 Å². The normalized spacial score (nSPS) is 25.3. The van der Waals surface area contributed by atoms with E-state index < -0.39 is 29.7 Å². The lowest BCUT2D eigenvalue weighted by Gasteiger charge is -2.56. The predicted octanol–water partition coefficient (Wildman–Crippen LogP) is 3.75. The number of nitrogens with zero attached hydrogens (tertiary/aromatic N) is 6. The Hall–Kier alpha value is -4.91. The van der Waals surface area contributed by atoms with Gasteiger partial charge in [0.1, 0.15) is 17.9 Å². The van der Waals surface area contributed by atoms with Crippen LogP contribution in [-0.4, -0.2) is 92.9 Å². The number of nitrogens with one attached hydrogen (secondary N) is 2. The number of ether oxygens (including phenoxy) is 1. The molecule has 4 saturated heterocycles. The van der Waals surface area contributed by atoms with E-state index in [1.165, 1.54) is 0 Å². The Morgan fingerprint density at radius 2 is 1.77 bits per heavy atom. The second-order valence-corrected chi connectivity index (χ2v) is 15.4. The fourth-order valence-electron chi connectivity index (χ4n) is 8.09. The summed E-state index contributed by atoms with van der Waals surface area (Å²) >= 11 is 9.63. The maximum atomic E-state index is 13.4. The lowest BCUT2D eigenvalue weighted by atomic mass is 9.86. The lowest BCUT2D eigenvalue weighted by molar-refractivity contribution is -0.136. The molecular weight excluding hydrogens is 768 g/mol. The molecule has 53 heavy (non-hydrogen) atoms.